The van der Waals surface area contributed by atoms with E-state index in [1.807, 2.05) is 38.2 Å². The van der Waals surface area contributed by atoms with Crippen molar-refractivity contribution < 1.29 is 37.1 Å². The zero-order chi connectivity index (χ0) is 29.9. The van der Waals surface area contributed by atoms with E-state index in [1.54, 1.807) is 52.5 Å². The lowest BCUT2D eigenvalue weighted by molar-refractivity contribution is -0.387. The van der Waals surface area contributed by atoms with Gasteiger partial charge in [-0.1, -0.05) is 13.8 Å². The lowest BCUT2D eigenvalue weighted by atomic mass is 10.0. The number of aromatic nitrogens is 1. The summed E-state index contributed by atoms with van der Waals surface area (Å²) in [5.74, 6) is 2.71. The van der Waals surface area contributed by atoms with Gasteiger partial charge in [-0.3, -0.25) is 0 Å². The molecular weight excluding hydrogens is 544 g/mol. The molecule has 1 heterocycles. The zero-order valence-electron chi connectivity index (χ0n) is 24.6. The van der Waals surface area contributed by atoms with E-state index in [0.29, 0.717) is 46.3 Å². The SMILES string of the molecule is COc1cc(Cc2[nH+]ccc3cc(OC)c(OC)cc23)c([N-]S(=O)(=O)c2cc(C(C)C)c(OC)cc2C)cc1OC. The first kappa shape index (κ1) is 29.8. The molecule has 0 fully saturated rings. The summed E-state index contributed by atoms with van der Waals surface area (Å²) >= 11 is 0. The van der Waals surface area contributed by atoms with Gasteiger partial charge in [0.1, 0.15) is 15.8 Å². The summed E-state index contributed by atoms with van der Waals surface area (Å²) in [5.41, 5.74) is 3.02. The molecule has 41 heavy (non-hydrogen) atoms. The van der Waals surface area contributed by atoms with Crippen LogP contribution in [0.25, 0.3) is 15.5 Å². The van der Waals surface area contributed by atoms with Gasteiger partial charge in [-0.25, -0.2) is 13.4 Å². The summed E-state index contributed by atoms with van der Waals surface area (Å²) in [7, 11) is 3.65. The van der Waals surface area contributed by atoms with Crippen LogP contribution in [0.1, 0.15) is 42.1 Å². The van der Waals surface area contributed by atoms with Crippen LogP contribution in [0, 0.1) is 6.92 Å². The number of aromatic amines is 1. The molecule has 0 bridgehead atoms. The summed E-state index contributed by atoms with van der Waals surface area (Å²) in [4.78, 5) is 3.43. The molecule has 1 aromatic heterocycles. The number of ether oxygens (including phenoxy) is 5. The van der Waals surface area contributed by atoms with Crippen molar-refractivity contribution in [1.82, 2.24) is 0 Å². The molecule has 0 spiro atoms. The van der Waals surface area contributed by atoms with Crippen LogP contribution in [-0.2, 0) is 16.4 Å². The molecule has 0 radical (unpaired) electrons. The smallest absolute Gasteiger partial charge is 0.192 e. The lowest BCUT2D eigenvalue weighted by Crippen LogP contribution is -2.12. The maximum Gasteiger partial charge on any atom is 0.192 e. The van der Waals surface area contributed by atoms with Gasteiger partial charge in [0.25, 0.3) is 0 Å². The van der Waals surface area contributed by atoms with Gasteiger partial charge in [-0.2, -0.15) is 0 Å². The van der Waals surface area contributed by atoms with E-state index in [2.05, 4.69) is 9.71 Å². The van der Waals surface area contributed by atoms with Gasteiger partial charge in [0.05, 0.1) is 52.3 Å². The van der Waals surface area contributed by atoms with Crippen molar-refractivity contribution in [3.63, 3.8) is 0 Å². The first-order valence-corrected chi connectivity index (χ1v) is 14.5. The van der Waals surface area contributed by atoms with E-state index in [-0.39, 0.29) is 16.5 Å². The van der Waals surface area contributed by atoms with Crippen LogP contribution < -0.4 is 28.7 Å². The largest absolute Gasteiger partial charge is 0.572 e. The minimum Gasteiger partial charge on any atom is -0.572 e. The Balaban J connectivity index is 1.85. The molecule has 3 aromatic carbocycles. The molecule has 0 atom stereocenters. The van der Waals surface area contributed by atoms with E-state index >= 15 is 0 Å². The molecule has 0 saturated carbocycles. The second-order valence-electron chi connectivity index (χ2n) is 9.84. The number of pyridine rings is 1. The summed E-state index contributed by atoms with van der Waals surface area (Å²) < 4.78 is 59.5. The Kier molecular flexibility index (Phi) is 8.82. The molecule has 4 aromatic rings. The quantitative estimate of drug-likeness (QED) is 0.210. The first-order chi connectivity index (χ1) is 19.6. The molecule has 1 N–H and O–H groups in total. The number of benzene rings is 3. The van der Waals surface area contributed by atoms with Crippen molar-refractivity contribution in [3.05, 3.63) is 75.8 Å². The van der Waals surface area contributed by atoms with Gasteiger partial charge in [0, 0.05) is 6.07 Å². The Bertz CT molecular complexity index is 1680. The van der Waals surface area contributed by atoms with Crippen LogP contribution >= 0.6 is 0 Å². The highest BCUT2D eigenvalue weighted by molar-refractivity contribution is 7.94. The van der Waals surface area contributed by atoms with Crippen molar-refractivity contribution in [1.29, 1.82) is 0 Å². The van der Waals surface area contributed by atoms with Crippen molar-refractivity contribution >= 4 is 26.5 Å². The Morgan fingerprint density at radius 1 is 0.780 bits per heavy atom. The highest BCUT2D eigenvalue weighted by Gasteiger charge is 2.20. The van der Waals surface area contributed by atoms with Crippen molar-refractivity contribution in [2.45, 2.75) is 38.0 Å². The Morgan fingerprint density at radius 3 is 1.98 bits per heavy atom. The average molecular weight is 581 g/mol. The minimum absolute atomic E-state index is 0.0497. The number of nitrogens with zero attached hydrogens (tertiary/aromatic N) is 1. The molecule has 0 aliphatic carbocycles. The molecule has 9 nitrogen and oxygen atoms in total. The third-order valence-corrected chi connectivity index (χ3v) is 8.43. The molecular formula is C31H36N2O7S. The first-order valence-electron chi connectivity index (χ1n) is 13.0. The maximum atomic E-state index is 13.8. The van der Waals surface area contributed by atoms with Crippen molar-refractivity contribution in [2.75, 3.05) is 35.5 Å². The lowest BCUT2D eigenvalue weighted by Gasteiger charge is -2.28. The van der Waals surface area contributed by atoms with Crippen molar-refractivity contribution in [2.24, 2.45) is 0 Å². The number of sulfonamides is 1. The van der Waals surface area contributed by atoms with Gasteiger partial charge in [-0.05, 0) is 71.3 Å². The van der Waals surface area contributed by atoms with Gasteiger partial charge in [0.2, 0.25) is 0 Å². The van der Waals surface area contributed by atoms with E-state index in [1.165, 1.54) is 14.2 Å². The summed E-state index contributed by atoms with van der Waals surface area (Å²) in [5, 5.41) is 1.82. The van der Waals surface area contributed by atoms with Crippen LogP contribution in [0.3, 0.4) is 0 Å². The minimum atomic E-state index is -4.12. The third kappa shape index (κ3) is 5.97. The fraction of sp³-hybridized carbons (Fsp3) is 0.323. The van der Waals surface area contributed by atoms with Crippen LogP contribution in [0.5, 0.6) is 28.7 Å². The number of rotatable bonds is 11. The van der Waals surface area contributed by atoms with E-state index in [9.17, 15) is 8.42 Å². The molecule has 0 aliphatic heterocycles. The van der Waals surface area contributed by atoms with Crippen molar-refractivity contribution in [3.8, 4) is 28.7 Å². The number of hydrogen-bond donors (Lipinski definition) is 0. The van der Waals surface area contributed by atoms with Gasteiger partial charge in [0.15, 0.2) is 34.9 Å². The number of hydrogen-bond acceptors (Lipinski definition) is 7. The maximum absolute atomic E-state index is 13.8. The summed E-state index contributed by atoms with van der Waals surface area (Å²) in [6.07, 6.45) is 2.15. The number of aryl methyl sites for hydroxylation is 1. The second kappa shape index (κ2) is 12.1. The molecule has 0 aliphatic rings. The van der Waals surface area contributed by atoms with E-state index in [4.69, 9.17) is 23.7 Å². The average Bonchev–Trinajstić information content (AvgIpc) is 2.96. The van der Waals surface area contributed by atoms with Crippen LogP contribution in [0.2, 0.25) is 0 Å². The van der Waals surface area contributed by atoms with Gasteiger partial charge < -0.3 is 28.4 Å². The fourth-order valence-electron chi connectivity index (χ4n) is 4.84. The van der Waals surface area contributed by atoms with Crippen LogP contribution in [-0.4, -0.2) is 44.0 Å². The number of fused-ring (bicyclic) bond motifs is 1. The predicted molar refractivity (Wildman–Crippen MR) is 158 cm³/mol. The normalized spacial score (nSPS) is 11.4. The summed E-state index contributed by atoms with van der Waals surface area (Å²) in [6, 6.07) is 12.4. The highest BCUT2D eigenvalue weighted by Crippen LogP contribution is 2.42. The van der Waals surface area contributed by atoms with E-state index in [0.717, 1.165) is 22.0 Å². The standard InChI is InChI=1S/C31H35N2O7S/c1-18(2)22-16-31(19(3)11-26(22)36-4)41(34,35)33-24-17-30(40-8)28(38-6)14-21(24)12-25-23-15-29(39-7)27(37-5)13-20(23)9-10-32-25/h9-11,13-18H,12H2,1-8H3/q-1/p+1. The Morgan fingerprint density at radius 2 is 1.37 bits per heavy atom. The molecule has 0 saturated heterocycles. The molecule has 0 unspecified atom stereocenters. The van der Waals surface area contributed by atoms with E-state index < -0.39 is 10.0 Å². The monoisotopic (exact) mass is 580 g/mol. The number of nitrogens with one attached hydrogen (secondary N) is 1. The topological polar surface area (TPSA) is 109 Å². The summed E-state index contributed by atoms with van der Waals surface area (Å²) in [6.45, 7) is 5.70. The molecule has 218 valence electrons. The Hall–Kier alpha value is -4.18. The Labute approximate surface area is 241 Å². The zero-order valence-corrected chi connectivity index (χ0v) is 25.4. The fourth-order valence-corrected chi connectivity index (χ4v) is 6.11. The third-order valence-electron chi connectivity index (χ3n) is 7.00. The van der Waals surface area contributed by atoms with Gasteiger partial charge in [-0.15, -0.1) is 5.69 Å². The van der Waals surface area contributed by atoms with Crippen LogP contribution in [0.15, 0.2) is 53.6 Å². The number of H-pyrrole nitrogens is 1. The molecule has 10 heteroatoms. The molecule has 0 amide bonds. The van der Waals surface area contributed by atoms with Gasteiger partial charge >= 0.3 is 0 Å². The predicted octanol–water partition coefficient (Wildman–Crippen LogP) is 6.11. The second-order valence-corrected chi connectivity index (χ2v) is 11.4. The van der Waals surface area contributed by atoms with Crippen LogP contribution in [0.4, 0.5) is 5.69 Å². The highest BCUT2D eigenvalue weighted by atomic mass is 32.2. The molecule has 4 rings (SSSR count). The number of methoxy groups -OCH3 is 5.